The molecule has 0 aromatic rings. The Morgan fingerprint density at radius 3 is 2.29 bits per heavy atom. The summed E-state index contributed by atoms with van der Waals surface area (Å²) in [6.07, 6.45) is 3.64. The van der Waals surface area contributed by atoms with Gasteiger partial charge in [0.2, 0.25) is 0 Å². The van der Waals surface area contributed by atoms with Gasteiger partial charge in [-0.15, -0.1) is 0 Å². The number of nitrogens with one attached hydrogen (secondary N) is 1. The van der Waals surface area contributed by atoms with E-state index in [0.29, 0.717) is 12.1 Å². The van der Waals surface area contributed by atoms with Crippen LogP contribution in [-0.4, -0.2) is 17.0 Å². The van der Waals surface area contributed by atoms with Gasteiger partial charge in [-0.1, -0.05) is 0 Å². The van der Waals surface area contributed by atoms with E-state index in [1.54, 1.807) is 0 Å². The van der Waals surface area contributed by atoms with E-state index in [9.17, 15) is 5.11 Å². The molecule has 5 heteroatoms. The van der Waals surface area contributed by atoms with Gasteiger partial charge in [0, 0.05) is 11.6 Å². The minimum Gasteiger partial charge on any atom is -0.402 e. The standard InChI is InChI=1S/C8H15N3O.CH3.K/c9-7(4-8(10)11)5-1-2-6(12)3-5;;/h4-6,12H,1-3,9H2,(H3,10,11);1H3;/q;-1;+1/b7-4-;;. The molecule has 0 spiro atoms. The molecule has 1 rings (SSSR count). The molecule has 1 fully saturated rings. The third kappa shape index (κ3) is 5.48. The molecule has 0 saturated heterocycles. The maximum atomic E-state index is 9.21. The fourth-order valence-corrected chi connectivity index (χ4v) is 1.56. The zero-order chi connectivity index (χ0) is 9.14. The molecule has 6 N–H and O–H groups in total. The molecule has 0 aromatic heterocycles. The first kappa shape index (κ1) is 17.0. The second-order valence-electron chi connectivity index (χ2n) is 3.26. The summed E-state index contributed by atoms with van der Waals surface area (Å²) < 4.78 is 0. The average Bonchev–Trinajstić information content (AvgIpc) is 2.34. The van der Waals surface area contributed by atoms with Gasteiger partial charge in [0.15, 0.2) is 0 Å². The number of amidine groups is 1. The Labute approximate surface area is 128 Å². The second-order valence-corrected chi connectivity index (χ2v) is 3.26. The van der Waals surface area contributed by atoms with Crippen LogP contribution in [0.15, 0.2) is 11.8 Å². The summed E-state index contributed by atoms with van der Waals surface area (Å²) in [6, 6.07) is 0. The van der Waals surface area contributed by atoms with Crippen molar-refractivity contribution in [3.05, 3.63) is 19.2 Å². The maximum Gasteiger partial charge on any atom is 1.00 e. The zero-order valence-electron chi connectivity index (χ0n) is 8.96. The van der Waals surface area contributed by atoms with Gasteiger partial charge >= 0.3 is 51.4 Å². The first-order valence-corrected chi connectivity index (χ1v) is 4.08. The first-order chi connectivity index (χ1) is 5.59. The van der Waals surface area contributed by atoms with Crippen LogP contribution in [0.25, 0.3) is 0 Å². The normalized spacial score (nSPS) is 26.2. The van der Waals surface area contributed by atoms with E-state index < -0.39 is 0 Å². The van der Waals surface area contributed by atoms with Crippen LogP contribution in [0.5, 0.6) is 0 Å². The molecule has 2 atom stereocenters. The van der Waals surface area contributed by atoms with Crippen LogP contribution in [0.4, 0.5) is 0 Å². The van der Waals surface area contributed by atoms with E-state index in [0.717, 1.165) is 12.8 Å². The van der Waals surface area contributed by atoms with Gasteiger partial charge in [-0.25, -0.2) is 0 Å². The van der Waals surface area contributed by atoms with E-state index in [4.69, 9.17) is 16.9 Å². The topological polar surface area (TPSA) is 96.1 Å². The molecule has 2 unspecified atom stereocenters. The van der Waals surface area contributed by atoms with Gasteiger partial charge in [0.05, 0.1) is 6.10 Å². The Morgan fingerprint density at radius 1 is 1.36 bits per heavy atom. The quantitative estimate of drug-likeness (QED) is 0.179. The molecular weight excluding hydrogens is 205 g/mol. The van der Waals surface area contributed by atoms with Crippen molar-refractivity contribution in [1.29, 1.82) is 5.41 Å². The summed E-state index contributed by atoms with van der Waals surface area (Å²) >= 11 is 0. The van der Waals surface area contributed by atoms with Crippen molar-refractivity contribution in [3.8, 4) is 0 Å². The van der Waals surface area contributed by atoms with E-state index >= 15 is 0 Å². The summed E-state index contributed by atoms with van der Waals surface area (Å²) in [5.41, 5.74) is 11.5. The molecule has 1 aliphatic rings. The summed E-state index contributed by atoms with van der Waals surface area (Å²) in [7, 11) is 0. The molecule has 14 heavy (non-hydrogen) atoms. The fraction of sp³-hybridized carbons (Fsp3) is 0.556. The predicted octanol–water partition coefficient (Wildman–Crippen LogP) is -2.62. The maximum absolute atomic E-state index is 9.21. The predicted molar refractivity (Wildman–Crippen MR) is 53.9 cm³/mol. The van der Waals surface area contributed by atoms with Gasteiger partial charge in [-0.05, 0) is 25.3 Å². The van der Waals surface area contributed by atoms with Gasteiger partial charge < -0.3 is 24.0 Å². The van der Waals surface area contributed by atoms with Crippen molar-refractivity contribution in [3.63, 3.8) is 0 Å². The van der Waals surface area contributed by atoms with Crippen molar-refractivity contribution in [1.82, 2.24) is 0 Å². The molecule has 0 aromatic carbocycles. The first-order valence-electron chi connectivity index (χ1n) is 4.08. The molecular formula is C9H18KN3O. The Balaban J connectivity index is 0. The number of aliphatic hydroxyl groups is 1. The van der Waals surface area contributed by atoms with Crippen molar-refractivity contribution >= 4 is 5.84 Å². The summed E-state index contributed by atoms with van der Waals surface area (Å²) in [5, 5.41) is 16.2. The number of rotatable bonds is 2. The van der Waals surface area contributed by atoms with Crippen LogP contribution in [0.2, 0.25) is 0 Å². The minimum absolute atomic E-state index is 0. The summed E-state index contributed by atoms with van der Waals surface area (Å²) in [5.74, 6) is 0.192. The monoisotopic (exact) mass is 223 g/mol. The molecule has 1 aliphatic carbocycles. The Hall–Kier alpha value is 0.606. The van der Waals surface area contributed by atoms with Gasteiger partial charge in [0.25, 0.3) is 0 Å². The number of nitrogens with two attached hydrogens (primary N) is 2. The van der Waals surface area contributed by atoms with Crippen molar-refractivity contribution < 1.29 is 56.5 Å². The Bertz CT molecular complexity index is 218. The third-order valence-corrected chi connectivity index (χ3v) is 2.20. The molecule has 76 valence electrons. The summed E-state index contributed by atoms with van der Waals surface area (Å²) in [4.78, 5) is 0. The Kier molecular flexibility index (Phi) is 9.53. The van der Waals surface area contributed by atoms with Crippen molar-refractivity contribution in [2.24, 2.45) is 17.4 Å². The van der Waals surface area contributed by atoms with Crippen molar-refractivity contribution in [2.45, 2.75) is 25.4 Å². The Morgan fingerprint density at radius 2 is 1.93 bits per heavy atom. The van der Waals surface area contributed by atoms with E-state index in [-0.39, 0.29) is 76.7 Å². The molecule has 0 heterocycles. The molecule has 0 radical (unpaired) electrons. The number of aliphatic hydroxyl groups excluding tert-OH is 1. The van der Waals surface area contributed by atoms with Crippen LogP contribution in [-0.2, 0) is 0 Å². The smallest absolute Gasteiger partial charge is 0.402 e. The average molecular weight is 223 g/mol. The fourth-order valence-electron chi connectivity index (χ4n) is 1.56. The van der Waals surface area contributed by atoms with E-state index in [1.807, 2.05) is 0 Å². The van der Waals surface area contributed by atoms with Gasteiger partial charge in [0.1, 0.15) is 5.84 Å². The SMILES string of the molecule is N=C(N)/C=C(\N)C1CCC(O)C1.[CH3-].[K+]. The number of allylic oxidation sites excluding steroid dienone is 1. The van der Waals surface area contributed by atoms with Crippen LogP contribution >= 0.6 is 0 Å². The van der Waals surface area contributed by atoms with Crippen LogP contribution < -0.4 is 62.9 Å². The number of hydrogen-bond donors (Lipinski definition) is 4. The molecule has 0 aliphatic heterocycles. The van der Waals surface area contributed by atoms with Crippen LogP contribution in [0.3, 0.4) is 0 Å². The molecule has 0 bridgehead atoms. The molecule has 1 saturated carbocycles. The zero-order valence-corrected chi connectivity index (χ0v) is 12.1. The van der Waals surface area contributed by atoms with Crippen LogP contribution in [0.1, 0.15) is 19.3 Å². The third-order valence-electron chi connectivity index (χ3n) is 2.20. The largest absolute Gasteiger partial charge is 1.00 e. The van der Waals surface area contributed by atoms with Crippen molar-refractivity contribution in [2.75, 3.05) is 0 Å². The minimum atomic E-state index is -0.228. The number of hydrogen-bond acceptors (Lipinski definition) is 3. The molecule has 0 amide bonds. The van der Waals surface area contributed by atoms with Crippen LogP contribution in [0, 0.1) is 18.8 Å². The molecule has 4 nitrogen and oxygen atoms in total. The van der Waals surface area contributed by atoms with Gasteiger partial charge in [-0.2, -0.15) is 0 Å². The second kappa shape index (κ2) is 7.84. The summed E-state index contributed by atoms with van der Waals surface area (Å²) in [6.45, 7) is 0. The van der Waals surface area contributed by atoms with E-state index in [2.05, 4.69) is 0 Å². The van der Waals surface area contributed by atoms with Gasteiger partial charge in [-0.3, -0.25) is 5.41 Å². The van der Waals surface area contributed by atoms with E-state index in [1.165, 1.54) is 6.08 Å².